The molecule has 0 saturated carbocycles. The minimum atomic E-state index is -0.485. The quantitative estimate of drug-likeness (QED) is 0.127. The normalized spacial score (nSPS) is 11.3. The molecule has 0 unspecified atom stereocenters. The van der Waals surface area contributed by atoms with Crippen molar-refractivity contribution in [1.29, 1.82) is 0 Å². The Kier molecular flexibility index (Phi) is 7.40. The van der Waals surface area contributed by atoms with E-state index in [2.05, 4.69) is 15.5 Å². The Labute approximate surface area is 209 Å². The van der Waals surface area contributed by atoms with Gasteiger partial charge in [0.2, 0.25) is 0 Å². The number of thioether (sulfide) groups is 1. The van der Waals surface area contributed by atoms with Crippen molar-refractivity contribution in [2.24, 2.45) is 5.10 Å². The standard InChI is InChI=1S/C25H21N5O5S/c1-16(17-7-9-19(10-8-17)30(33)34)27-28-23(31)15-36-25-26-22-6-4-3-5-21(22)24(32)29(25)18-11-13-20(35-2)14-12-18/h3-14H,15H2,1-2H3,(H,28,31)/b27-16-. The van der Waals surface area contributed by atoms with Crippen LogP contribution in [0.1, 0.15) is 12.5 Å². The zero-order chi connectivity index (χ0) is 25.7. The number of nitrogens with zero attached hydrogens (tertiary/aromatic N) is 4. The monoisotopic (exact) mass is 503 g/mol. The lowest BCUT2D eigenvalue weighted by atomic mass is 10.1. The van der Waals surface area contributed by atoms with E-state index in [0.29, 0.717) is 38.8 Å². The number of carbonyl (C=O) groups is 1. The zero-order valence-electron chi connectivity index (χ0n) is 19.4. The summed E-state index contributed by atoms with van der Waals surface area (Å²) in [4.78, 5) is 40.8. The Bertz CT molecular complexity index is 1520. The fraction of sp³-hybridized carbons (Fsp3) is 0.120. The van der Waals surface area contributed by atoms with Gasteiger partial charge in [-0.05, 0) is 61.0 Å². The molecule has 0 spiro atoms. The summed E-state index contributed by atoms with van der Waals surface area (Å²) >= 11 is 1.11. The molecule has 1 N–H and O–H groups in total. The molecule has 1 amide bonds. The highest BCUT2D eigenvalue weighted by molar-refractivity contribution is 7.99. The van der Waals surface area contributed by atoms with Crippen molar-refractivity contribution >= 4 is 40.0 Å². The molecule has 4 rings (SSSR count). The molecule has 0 radical (unpaired) electrons. The van der Waals surface area contributed by atoms with Crippen LogP contribution in [0.15, 0.2) is 87.8 Å². The second-order valence-corrected chi connectivity index (χ2v) is 8.52. The lowest BCUT2D eigenvalue weighted by Gasteiger charge is -2.13. The fourth-order valence-electron chi connectivity index (χ4n) is 3.37. The van der Waals surface area contributed by atoms with E-state index in [9.17, 15) is 19.7 Å². The molecule has 0 fully saturated rings. The summed E-state index contributed by atoms with van der Waals surface area (Å²) in [7, 11) is 1.56. The third-order valence-corrected chi connectivity index (χ3v) is 6.19. The minimum absolute atomic E-state index is 0.0298. The average Bonchev–Trinajstić information content (AvgIpc) is 2.90. The van der Waals surface area contributed by atoms with Crippen molar-refractivity contribution in [2.45, 2.75) is 12.1 Å². The molecule has 0 bridgehead atoms. The molecule has 182 valence electrons. The summed E-state index contributed by atoms with van der Waals surface area (Å²) in [5.74, 6) is 0.207. The Morgan fingerprint density at radius 1 is 1.11 bits per heavy atom. The minimum Gasteiger partial charge on any atom is -0.497 e. The SMILES string of the molecule is COc1ccc(-n2c(SCC(=O)N/N=C(/C)c3ccc([N+](=O)[O-])cc3)nc3ccccc3c2=O)cc1. The van der Waals surface area contributed by atoms with Gasteiger partial charge in [0.25, 0.3) is 17.2 Å². The van der Waals surface area contributed by atoms with Crippen LogP contribution in [0.2, 0.25) is 0 Å². The predicted molar refractivity (Wildman–Crippen MR) is 138 cm³/mol. The average molecular weight is 504 g/mol. The van der Waals surface area contributed by atoms with E-state index < -0.39 is 10.8 Å². The third-order valence-electron chi connectivity index (χ3n) is 5.25. The molecular formula is C25H21N5O5S. The van der Waals surface area contributed by atoms with Crippen molar-refractivity contribution in [2.75, 3.05) is 12.9 Å². The first-order valence-electron chi connectivity index (χ1n) is 10.7. The molecule has 0 aliphatic rings. The van der Waals surface area contributed by atoms with E-state index in [0.717, 1.165) is 11.8 Å². The maximum Gasteiger partial charge on any atom is 0.269 e. The highest BCUT2D eigenvalue weighted by Crippen LogP contribution is 2.23. The maximum absolute atomic E-state index is 13.3. The number of methoxy groups -OCH3 is 1. The van der Waals surface area contributed by atoms with E-state index in [-0.39, 0.29) is 17.0 Å². The Hall–Kier alpha value is -4.51. The van der Waals surface area contributed by atoms with E-state index >= 15 is 0 Å². The summed E-state index contributed by atoms with van der Waals surface area (Å²) in [6.07, 6.45) is 0. The molecule has 0 aliphatic carbocycles. The topological polar surface area (TPSA) is 129 Å². The van der Waals surface area contributed by atoms with Gasteiger partial charge in [0.1, 0.15) is 5.75 Å². The van der Waals surface area contributed by atoms with Gasteiger partial charge in [0.15, 0.2) is 5.16 Å². The highest BCUT2D eigenvalue weighted by Gasteiger charge is 2.15. The summed E-state index contributed by atoms with van der Waals surface area (Å²) in [5.41, 5.74) is 4.44. The summed E-state index contributed by atoms with van der Waals surface area (Å²) in [6.45, 7) is 1.68. The van der Waals surface area contributed by atoms with Crippen molar-refractivity contribution in [3.05, 3.63) is 98.8 Å². The number of fused-ring (bicyclic) bond motifs is 1. The van der Waals surface area contributed by atoms with E-state index in [1.165, 1.54) is 16.7 Å². The number of hydrazone groups is 1. The number of carbonyl (C=O) groups excluding carboxylic acids is 1. The van der Waals surface area contributed by atoms with Gasteiger partial charge in [-0.1, -0.05) is 23.9 Å². The second kappa shape index (κ2) is 10.8. The number of para-hydroxylation sites is 1. The first-order chi connectivity index (χ1) is 17.4. The number of aromatic nitrogens is 2. The molecule has 11 heteroatoms. The highest BCUT2D eigenvalue weighted by atomic mass is 32.2. The predicted octanol–water partition coefficient (Wildman–Crippen LogP) is 3.94. The van der Waals surface area contributed by atoms with Gasteiger partial charge in [-0.15, -0.1) is 0 Å². The second-order valence-electron chi connectivity index (χ2n) is 7.57. The number of hydrogen-bond donors (Lipinski definition) is 1. The van der Waals surface area contributed by atoms with Crippen molar-refractivity contribution in [3.63, 3.8) is 0 Å². The lowest BCUT2D eigenvalue weighted by molar-refractivity contribution is -0.384. The number of benzene rings is 3. The van der Waals surface area contributed by atoms with Crippen LogP contribution in [-0.4, -0.2) is 39.0 Å². The van der Waals surface area contributed by atoms with Crippen LogP contribution >= 0.6 is 11.8 Å². The van der Waals surface area contributed by atoms with Gasteiger partial charge in [-0.3, -0.25) is 24.3 Å². The van der Waals surface area contributed by atoms with Crippen LogP contribution < -0.4 is 15.7 Å². The van der Waals surface area contributed by atoms with Crippen LogP contribution in [0, 0.1) is 10.1 Å². The molecule has 0 saturated heterocycles. The van der Waals surface area contributed by atoms with Crippen LogP contribution in [0.3, 0.4) is 0 Å². The number of nitro benzene ring substituents is 1. The van der Waals surface area contributed by atoms with E-state index in [4.69, 9.17) is 4.74 Å². The molecular weight excluding hydrogens is 482 g/mol. The zero-order valence-corrected chi connectivity index (χ0v) is 20.2. The van der Waals surface area contributed by atoms with Crippen LogP contribution in [0.25, 0.3) is 16.6 Å². The van der Waals surface area contributed by atoms with E-state index in [1.807, 2.05) is 0 Å². The number of non-ortho nitro benzene ring substituents is 1. The molecule has 3 aromatic carbocycles. The van der Waals surface area contributed by atoms with Gasteiger partial charge >= 0.3 is 0 Å². The number of hydrogen-bond acceptors (Lipinski definition) is 8. The van der Waals surface area contributed by atoms with Gasteiger partial charge in [-0.2, -0.15) is 5.10 Å². The Balaban J connectivity index is 1.54. The molecule has 1 aromatic heterocycles. The van der Waals surface area contributed by atoms with Crippen molar-refractivity contribution in [1.82, 2.24) is 15.0 Å². The van der Waals surface area contributed by atoms with Crippen molar-refractivity contribution in [3.8, 4) is 11.4 Å². The number of ether oxygens (including phenoxy) is 1. The lowest BCUT2D eigenvalue weighted by Crippen LogP contribution is -2.24. The molecule has 10 nitrogen and oxygen atoms in total. The summed E-state index contributed by atoms with van der Waals surface area (Å²) in [5, 5.41) is 15.7. The number of nitro groups is 1. The van der Waals surface area contributed by atoms with Gasteiger partial charge in [0.05, 0.1) is 40.1 Å². The fourth-order valence-corrected chi connectivity index (χ4v) is 4.17. The van der Waals surface area contributed by atoms with Gasteiger partial charge in [-0.25, -0.2) is 10.4 Å². The molecule has 1 heterocycles. The van der Waals surface area contributed by atoms with Crippen LogP contribution in [0.4, 0.5) is 5.69 Å². The Morgan fingerprint density at radius 2 is 1.81 bits per heavy atom. The van der Waals surface area contributed by atoms with Gasteiger partial charge in [0, 0.05) is 12.1 Å². The third kappa shape index (κ3) is 5.41. The first-order valence-corrected chi connectivity index (χ1v) is 11.7. The molecule has 4 aromatic rings. The number of nitrogens with one attached hydrogen (secondary N) is 1. The Morgan fingerprint density at radius 3 is 2.47 bits per heavy atom. The van der Waals surface area contributed by atoms with Crippen LogP contribution in [0.5, 0.6) is 5.75 Å². The number of rotatable bonds is 8. The molecule has 0 aliphatic heterocycles. The van der Waals surface area contributed by atoms with Crippen LogP contribution in [-0.2, 0) is 4.79 Å². The van der Waals surface area contributed by atoms with Crippen molar-refractivity contribution < 1.29 is 14.5 Å². The summed E-state index contributed by atoms with van der Waals surface area (Å²) < 4.78 is 6.67. The van der Waals surface area contributed by atoms with Gasteiger partial charge < -0.3 is 4.74 Å². The molecule has 0 atom stereocenters. The molecule has 36 heavy (non-hydrogen) atoms. The number of amides is 1. The largest absolute Gasteiger partial charge is 0.497 e. The smallest absolute Gasteiger partial charge is 0.269 e. The maximum atomic E-state index is 13.3. The van der Waals surface area contributed by atoms with E-state index in [1.54, 1.807) is 74.7 Å². The summed E-state index contributed by atoms with van der Waals surface area (Å²) in [6, 6.07) is 19.9. The first kappa shape index (κ1) is 24.6.